The highest BCUT2D eigenvalue weighted by Crippen LogP contribution is 2.29. The minimum absolute atomic E-state index is 0.141. The van der Waals surface area contributed by atoms with E-state index in [-0.39, 0.29) is 11.0 Å². The molecule has 0 aliphatic carbocycles. The molecule has 0 amide bonds. The van der Waals surface area contributed by atoms with Crippen molar-refractivity contribution < 1.29 is 5.11 Å². The summed E-state index contributed by atoms with van der Waals surface area (Å²) in [6.07, 6.45) is 0.987. The van der Waals surface area contributed by atoms with Crippen LogP contribution in [0.2, 0.25) is 0 Å². The first-order valence-electron chi connectivity index (χ1n) is 7.11. The Kier molecular flexibility index (Phi) is 5.03. The van der Waals surface area contributed by atoms with E-state index in [4.69, 9.17) is 0 Å². The van der Waals surface area contributed by atoms with Crippen LogP contribution < -0.4 is 5.32 Å². The fourth-order valence-electron chi connectivity index (χ4n) is 2.08. The van der Waals surface area contributed by atoms with Gasteiger partial charge in [0.05, 0.1) is 0 Å². The van der Waals surface area contributed by atoms with Crippen LogP contribution in [0.15, 0.2) is 24.3 Å². The predicted octanol–water partition coefficient (Wildman–Crippen LogP) is 3.99. The highest BCUT2D eigenvalue weighted by atomic mass is 16.3. The van der Waals surface area contributed by atoms with Gasteiger partial charge in [-0.3, -0.25) is 0 Å². The van der Waals surface area contributed by atoms with Crippen molar-refractivity contribution in [3.8, 4) is 5.75 Å². The van der Waals surface area contributed by atoms with E-state index in [9.17, 15) is 5.11 Å². The van der Waals surface area contributed by atoms with Crippen molar-refractivity contribution >= 4 is 0 Å². The van der Waals surface area contributed by atoms with Crippen LogP contribution in [0.25, 0.3) is 0 Å². The van der Waals surface area contributed by atoms with Crippen LogP contribution in [0.4, 0.5) is 0 Å². The maximum absolute atomic E-state index is 9.57. The Hall–Kier alpha value is -1.02. The Morgan fingerprint density at radius 2 is 1.74 bits per heavy atom. The number of hydrogen-bond donors (Lipinski definition) is 2. The van der Waals surface area contributed by atoms with E-state index in [1.807, 2.05) is 12.1 Å². The summed E-state index contributed by atoms with van der Waals surface area (Å²) in [4.78, 5) is 0. The minimum Gasteiger partial charge on any atom is -0.508 e. The molecule has 108 valence electrons. The van der Waals surface area contributed by atoms with Gasteiger partial charge in [-0.25, -0.2) is 0 Å². The average molecular weight is 263 g/mol. The van der Waals surface area contributed by atoms with Gasteiger partial charge in [0.25, 0.3) is 0 Å². The Bertz CT molecular complexity index is 398. The first-order valence-corrected chi connectivity index (χ1v) is 7.11. The molecule has 0 heterocycles. The number of rotatable bonds is 4. The molecule has 0 fully saturated rings. The molecule has 0 saturated carbocycles. The number of benzene rings is 1. The van der Waals surface area contributed by atoms with Gasteiger partial charge in [-0.2, -0.15) is 0 Å². The fraction of sp³-hybridized carbons (Fsp3) is 0.647. The zero-order valence-corrected chi connectivity index (χ0v) is 13.2. The third-order valence-corrected chi connectivity index (χ3v) is 3.50. The van der Waals surface area contributed by atoms with Gasteiger partial charge in [-0.05, 0) is 62.8 Å². The summed E-state index contributed by atoms with van der Waals surface area (Å²) in [5, 5.41) is 13.2. The average Bonchev–Trinajstić information content (AvgIpc) is 2.21. The molecule has 1 rings (SSSR count). The van der Waals surface area contributed by atoms with E-state index in [2.05, 4.69) is 52.9 Å². The standard InChI is InChI=1S/C17H29NO/c1-16(2,3)14(12-18-17(4,5)6)10-13-8-7-9-15(19)11-13/h7-9,11,14,18-19H,10,12H2,1-6H3. The molecule has 1 aromatic carbocycles. The lowest BCUT2D eigenvalue weighted by atomic mass is 9.77. The zero-order chi connectivity index (χ0) is 14.7. The van der Waals surface area contributed by atoms with Crippen LogP contribution in [0, 0.1) is 11.3 Å². The molecule has 0 aliphatic heterocycles. The number of hydrogen-bond acceptors (Lipinski definition) is 2. The van der Waals surface area contributed by atoms with Gasteiger partial charge in [0.2, 0.25) is 0 Å². The minimum atomic E-state index is 0.141. The maximum atomic E-state index is 9.57. The first-order chi connectivity index (χ1) is 8.58. The molecule has 2 N–H and O–H groups in total. The highest BCUT2D eigenvalue weighted by Gasteiger charge is 2.26. The van der Waals surface area contributed by atoms with Crippen LogP contribution >= 0.6 is 0 Å². The van der Waals surface area contributed by atoms with Gasteiger partial charge in [0, 0.05) is 5.54 Å². The van der Waals surface area contributed by atoms with E-state index < -0.39 is 0 Å². The molecule has 2 nitrogen and oxygen atoms in total. The van der Waals surface area contributed by atoms with Gasteiger partial charge in [0.1, 0.15) is 5.75 Å². The molecular weight excluding hydrogens is 234 g/mol. The molecule has 0 spiro atoms. The number of nitrogens with one attached hydrogen (secondary N) is 1. The van der Waals surface area contributed by atoms with Crippen molar-refractivity contribution in [3.05, 3.63) is 29.8 Å². The Labute approximate surface area is 118 Å². The van der Waals surface area contributed by atoms with Crippen LogP contribution in [-0.4, -0.2) is 17.2 Å². The SMILES string of the molecule is CC(C)(C)NCC(Cc1cccc(O)c1)C(C)(C)C. The molecule has 1 aromatic rings. The number of aromatic hydroxyl groups is 1. The van der Waals surface area contributed by atoms with Crippen molar-refractivity contribution in [1.82, 2.24) is 5.32 Å². The second kappa shape index (κ2) is 5.96. The molecule has 2 heteroatoms. The van der Waals surface area contributed by atoms with E-state index in [0.717, 1.165) is 13.0 Å². The zero-order valence-electron chi connectivity index (χ0n) is 13.2. The molecule has 19 heavy (non-hydrogen) atoms. The molecular formula is C17H29NO. The largest absolute Gasteiger partial charge is 0.508 e. The summed E-state index contributed by atoms with van der Waals surface area (Å²) in [7, 11) is 0. The Balaban J connectivity index is 2.76. The van der Waals surface area contributed by atoms with Crippen molar-refractivity contribution in [2.45, 2.75) is 53.5 Å². The maximum Gasteiger partial charge on any atom is 0.115 e. The number of phenolic OH excluding ortho intramolecular Hbond substituents is 1. The summed E-state index contributed by atoms with van der Waals surface area (Å²) >= 11 is 0. The monoisotopic (exact) mass is 263 g/mol. The summed E-state index contributed by atoms with van der Waals surface area (Å²) < 4.78 is 0. The van der Waals surface area contributed by atoms with E-state index >= 15 is 0 Å². The van der Waals surface area contributed by atoms with Crippen LogP contribution in [-0.2, 0) is 6.42 Å². The van der Waals surface area contributed by atoms with E-state index in [0.29, 0.717) is 11.7 Å². The molecule has 1 unspecified atom stereocenters. The van der Waals surface area contributed by atoms with Crippen molar-refractivity contribution in [2.24, 2.45) is 11.3 Å². The number of phenols is 1. The van der Waals surface area contributed by atoms with Crippen molar-refractivity contribution in [1.29, 1.82) is 0 Å². The Morgan fingerprint density at radius 1 is 1.11 bits per heavy atom. The summed E-state index contributed by atoms with van der Waals surface area (Å²) in [5.41, 5.74) is 1.59. The van der Waals surface area contributed by atoms with Gasteiger partial charge in [-0.1, -0.05) is 32.9 Å². The molecule has 0 saturated heterocycles. The highest BCUT2D eigenvalue weighted by molar-refractivity contribution is 5.27. The second-order valence-corrected chi connectivity index (χ2v) is 7.57. The van der Waals surface area contributed by atoms with Crippen LogP contribution in [0.5, 0.6) is 5.75 Å². The Morgan fingerprint density at radius 3 is 2.21 bits per heavy atom. The molecule has 0 aromatic heterocycles. The van der Waals surface area contributed by atoms with Gasteiger partial charge < -0.3 is 10.4 Å². The third kappa shape index (κ3) is 6.11. The first kappa shape index (κ1) is 16.0. The van der Waals surface area contributed by atoms with E-state index in [1.54, 1.807) is 6.07 Å². The summed E-state index contributed by atoms with van der Waals surface area (Å²) in [6.45, 7) is 14.4. The van der Waals surface area contributed by atoms with Gasteiger partial charge >= 0.3 is 0 Å². The predicted molar refractivity (Wildman–Crippen MR) is 82.5 cm³/mol. The lowest BCUT2D eigenvalue weighted by Crippen LogP contribution is -2.42. The van der Waals surface area contributed by atoms with Crippen molar-refractivity contribution in [2.75, 3.05) is 6.54 Å². The lowest BCUT2D eigenvalue weighted by molar-refractivity contribution is 0.214. The summed E-state index contributed by atoms with van der Waals surface area (Å²) in [5.74, 6) is 0.891. The molecule has 0 bridgehead atoms. The lowest BCUT2D eigenvalue weighted by Gasteiger charge is -2.34. The molecule has 0 radical (unpaired) electrons. The van der Waals surface area contributed by atoms with E-state index in [1.165, 1.54) is 5.56 Å². The van der Waals surface area contributed by atoms with Gasteiger partial charge in [-0.15, -0.1) is 0 Å². The summed E-state index contributed by atoms with van der Waals surface area (Å²) in [6, 6.07) is 7.61. The van der Waals surface area contributed by atoms with Crippen LogP contribution in [0.1, 0.15) is 47.1 Å². The normalized spacial score (nSPS) is 14.4. The topological polar surface area (TPSA) is 32.3 Å². The quantitative estimate of drug-likeness (QED) is 0.861. The molecule has 1 atom stereocenters. The smallest absolute Gasteiger partial charge is 0.115 e. The van der Waals surface area contributed by atoms with Gasteiger partial charge in [0.15, 0.2) is 0 Å². The van der Waals surface area contributed by atoms with Crippen LogP contribution in [0.3, 0.4) is 0 Å². The van der Waals surface area contributed by atoms with Crippen molar-refractivity contribution in [3.63, 3.8) is 0 Å². The second-order valence-electron chi connectivity index (χ2n) is 7.57. The molecule has 0 aliphatic rings. The third-order valence-electron chi connectivity index (χ3n) is 3.50. The fourth-order valence-corrected chi connectivity index (χ4v) is 2.08.